The topological polar surface area (TPSA) is 134 Å². The summed E-state index contributed by atoms with van der Waals surface area (Å²) in [6, 6.07) is 13.7. The predicted molar refractivity (Wildman–Crippen MR) is 164 cm³/mol. The Labute approximate surface area is 251 Å². The van der Waals surface area contributed by atoms with E-state index < -0.39 is 10.0 Å². The maximum Gasteiger partial charge on any atom is 0.255 e. The Morgan fingerprint density at radius 1 is 1.10 bits per heavy atom. The average Bonchev–Trinajstić information content (AvgIpc) is 3.46. The number of carbonyl (C=O) groups excluding carboxylic acids is 2. The van der Waals surface area contributed by atoms with Crippen molar-refractivity contribution in [3.8, 4) is 11.6 Å². The minimum absolute atomic E-state index is 0.0286. The molecule has 2 aromatic carbocycles. The van der Waals surface area contributed by atoms with Crippen LogP contribution in [0, 0.1) is 0 Å². The first-order chi connectivity index (χ1) is 20.2. The van der Waals surface area contributed by atoms with Gasteiger partial charge in [-0.15, -0.1) is 11.3 Å². The minimum Gasteiger partial charge on any atom is -0.437 e. The van der Waals surface area contributed by atoms with E-state index >= 15 is 0 Å². The lowest BCUT2D eigenvalue weighted by Gasteiger charge is -2.34. The predicted octanol–water partition coefficient (Wildman–Crippen LogP) is 5.11. The number of nitrogens with one attached hydrogen (secondary N) is 2. The Bertz CT molecular complexity index is 1770. The maximum atomic E-state index is 13.1. The summed E-state index contributed by atoms with van der Waals surface area (Å²) in [5, 5.41) is 7.94. The zero-order valence-corrected chi connectivity index (χ0v) is 24.9. The molecule has 2 amide bonds. The molecule has 3 heterocycles. The summed E-state index contributed by atoms with van der Waals surface area (Å²) < 4.78 is 32.5. The van der Waals surface area contributed by atoms with E-state index in [4.69, 9.17) is 16.3 Å². The highest BCUT2D eigenvalue weighted by Gasteiger charge is 2.29. The highest BCUT2D eigenvalue weighted by Crippen LogP contribution is 2.34. The van der Waals surface area contributed by atoms with Crippen molar-refractivity contribution < 1.29 is 22.7 Å². The molecule has 1 saturated heterocycles. The number of carbonyl (C=O) groups is 2. The molecule has 0 saturated carbocycles. The van der Waals surface area contributed by atoms with Crippen molar-refractivity contribution in [3.05, 3.63) is 77.2 Å². The molecule has 0 radical (unpaired) electrons. The Morgan fingerprint density at radius 2 is 1.88 bits per heavy atom. The van der Waals surface area contributed by atoms with Crippen LogP contribution in [0.4, 0.5) is 17.3 Å². The fourth-order valence-corrected chi connectivity index (χ4v) is 6.42. The van der Waals surface area contributed by atoms with E-state index in [0.29, 0.717) is 34.1 Å². The van der Waals surface area contributed by atoms with E-state index in [1.807, 2.05) is 11.4 Å². The van der Waals surface area contributed by atoms with Gasteiger partial charge in [0.15, 0.2) is 0 Å². The lowest BCUT2D eigenvalue weighted by Crippen LogP contribution is -2.50. The van der Waals surface area contributed by atoms with Crippen molar-refractivity contribution in [1.29, 1.82) is 0 Å². The molecule has 0 bridgehead atoms. The molecule has 2 aromatic heterocycles. The van der Waals surface area contributed by atoms with Gasteiger partial charge >= 0.3 is 0 Å². The molecule has 4 aromatic rings. The van der Waals surface area contributed by atoms with Crippen LogP contribution in [0.5, 0.6) is 11.6 Å². The van der Waals surface area contributed by atoms with Crippen molar-refractivity contribution in [1.82, 2.24) is 19.2 Å². The number of nitrogens with zero attached hydrogens (tertiary/aromatic N) is 4. The van der Waals surface area contributed by atoms with Gasteiger partial charge in [0.25, 0.3) is 5.91 Å². The third-order valence-corrected chi connectivity index (χ3v) is 9.60. The summed E-state index contributed by atoms with van der Waals surface area (Å²) in [7, 11) is -3.29. The molecule has 0 aliphatic carbocycles. The second kappa shape index (κ2) is 12.4. The SMILES string of the molecule is C=CC(=O)Nc1cccc(Oc2nc(Nc3ccc(C(=O)N4CCN(S(=O)(=O)CC)CC4)c(Cl)c3)nc3ccsc23)c1. The molecule has 218 valence electrons. The zero-order chi connectivity index (χ0) is 29.9. The number of halogens is 1. The molecular weight excluding hydrogens is 600 g/mol. The molecule has 42 heavy (non-hydrogen) atoms. The molecule has 0 atom stereocenters. The summed E-state index contributed by atoms with van der Waals surface area (Å²) in [6.45, 7) is 6.14. The Morgan fingerprint density at radius 3 is 2.60 bits per heavy atom. The van der Waals surface area contributed by atoms with Crippen LogP contribution in [0.1, 0.15) is 17.3 Å². The molecule has 2 N–H and O–H groups in total. The lowest BCUT2D eigenvalue weighted by atomic mass is 10.1. The van der Waals surface area contributed by atoms with Crippen molar-refractivity contribution in [2.24, 2.45) is 0 Å². The highest BCUT2D eigenvalue weighted by molar-refractivity contribution is 7.89. The number of hydrogen-bond acceptors (Lipinski definition) is 9. The van der Waals surface area contributed by atoms with Crippen molar-refractivity contribution in [3.63, 3.8) is 0 Å². The average molecular weight is 627 g/mol. The van der Waals surface area contributed by atoms with E-state index in [1.54, 1.807) is 54.3 Å². The zero-order valence-electron chi connectivity index (χ0n) is 22.5. The quantitative estimate of drug-likeness (QED) is 0.245. The minimum atomic E-state index is -3.29. The molecule has 0 unspecified atom stereocenters. The van der Waals surface area contributed by atoms with Gasteiger partial charge in [-0.25, -0.2) is 13.4 Å². The fraction of sp³-hybridized carbons (Fsp3) is 0.214. The second-order valence-corrected chi connectivity index (χ2v) is 12.8. The van der Waals surface area contributed by atoms with Gasteiger partial charge in [-0.2, -0.15) is 9.29 Å². The van der Waals surface area contributed by atoms with Gasteiger partial charge in [-0.3, -0.25) is 9.59 Å². The fourth-order valence-electron chi connectivity index (χ4n) is 4.32. The Balaban J connectivity index is 1.31. The van der Waals surface area contributed by atoms with Crippen LogP contribution in [0.25, 0.3) is 10.2 Å². The molecular formula is C28H27ClN6O5S2. The highest BCUT2D eigenvalue weighted by atomic mass is 35.5. The van der Waals surface area contributed by atoms with Gasteiger partial charge in [0.1, 0.15) is 10.4 Å². The number of anilines is 3. The van der Waals surface area contributed by atoms with Crippen LogP contribution in [0.2, 0.25) is 5.02 Å². The third-order valence-electron chi connectivity index (χ3n) is 6.51. The Kier molecular flexibility index (Phi) is 8.73. The maximum absolute atomic E-state index is 13.1. The molecule has 1 fully saturated rings. The monoisotopic (exact) mass is 626 g/mol. The summed E-state index contributed by atoms with van der Waals surface area (Å²) in [4.78, 5) is 35.5. The van der Waals surface area contributed by atoms with E-state index in [1.165, 1.54) is 21.7 Å². The van der Waals surface area contributed by atoms with E-state index in [0.717, 1.165) is 4.70 Å². The molecule has 0 spiro atoms. The van der Waals surface area contributed by atoms with Crippen molar-refractivity contribution in [2.45, 2.75) is 6.92 Å². The van der Waals surface area contributed by atoms with Gasteiger partial charge in [-0.1, -0.05) is 24.2 Å². The molecule has 5 rings (SSSR count). The summed E-state index contributed by atoms with van der Waals surface area (Å²) >= 11 is 7.95. The van der Waals surface area contributed by atoms with Gasteiger partial charge in [0.05, 0.1) is 21.9 Å². The number of piperazine rings is 1. The first kappa shape index (κ1) is 29.5. The largest absolute Gasteiger partial charge is 0.437 e. The van der Waals surface area contributed by atoms with E-state index in [9.17, 15) is 18.0 Å². The first-order valence-electron chi connectivity index (χ1n) is 13.0. The number of aromatic nitrogens is 2. The number of rotatable bonds is 9. The van der Waals surface area contributed by atoms with Crippen LogP contribution in [-0.4, -0.2) is 71.3 Å². The van der Waals surface area contributed by atoms with Gasteiger partial charge in [-0.05, 0) is 54.8 Å². The number of benzene rings is 2. The number of hydrogen-bond donors (Lipinski definition) is 2. The van der Waals surface area contributed by atoms with Crippen LogP contribution >= 0.6 is 22.9 Å². The van der Waals surface area contributed by atoms with E-state index in [-0.39, 0.29) is 54.7 Å². The number of sulfonamides is 1. The van der Waals surface area contributed by atoms with E-state index in [2.05, 4.69) is 27.2 Å². The molecule has 14 heteroatoms. The number of fused-ring (bicyclic) bond motifs is 1. The van der Waals surface area contributed by atoms with Gasteiger partial charge < -0.3 is 20.3 Å². The van der Waals surface area contributed by atoms with Crippen LogP contribution in [0.3, 0.4) is 0 Å². The van der Waals surface area contributed by atoms with Crippen LogP contribution in [-0.2, 0) is 14.8 Å². The smallest absolute Gasteiger partial charge is 0.255 e. The van der Waals surface area contributed by atoms with Crippen molar-refractivity contribution >= 4 is 72.3 Å². The lowest BCUT2D eigenvalue weighted by molar-refractivity contribution is -0.111. The summed E-state index contributed by atoms with van der Waals surface area (Å²) in [5.41, 5.74) is 2.09. The molecule has 1 aliphatic rings. The molecule has 11 nitrogen and oxygen atoms in total. The summed E-state index contributed by atoms with van der Waals surface area (Å²) in [5.74, 6) is 0.481. The van der Waals surface area contributed by atoms with Crippen molar-refractivity contribution in [2.75, 3.05) is 42.6 Å². The second-order valence-electron chi connectivity index (χ2n) is 9.22. The molecule has 1 aliphatic heterocycles. The number of amides is 2. The normalized spacial score (nSPS) is 14.0. The standard InChI is InChI=1S/C28H27ClN6O5S2/c1-3-24(36)30-18-6-5-7-20(16-18)40-26-25-23(10-15-41-25)32-28(33-26)31-19-8-9-21(22(29)17-19)27(37)34-11-13-35(14-12-34)42(38,39)4-2/h3,5-10,15-17H,1,4,11-14H2,2H3,(H,30,36)(H,31,32,33). The Hall–Kier alpha value is -4.04. The number of thiophene rings is 1. The van der Waals surface area contributed by atoms with Gasteiger partial charge in [0.2, 0.25) is 27.8 Å². The van der Waals surface area contributed by atoms with Crippen LogP contribution in [0.15, 0.2) is 66.6 Å². The van der Waals surface area contributed by atoms with Gasteiger partial charge in [0, 0.05) is 43.6 Å². The summed E-state index contributed by atoms with van der Waals surface area (Å²) in [6.07, 6.45) is 1.18. The first-order valence-corrected chi connectivity index (χ1v) is 15.8. The number of ether oxygens (including phenoxy) is 1. The van der Waals surface area contributed by atoms with Crippen LogP contribution < -0.4 is 15.4 Å². The third kappa shape index (κ3) is 6.54.